The molecule has 0 amide bonds. The first-order chi connectivity index (χ1) is 13.9. The Balaban J connectivity index is 1.68. The van der Waals surface area contributed by atoms with Gasteiger partial charge < -0.3 is 4.74 Å². The summed E-state index contributed by atoms with van der Waals surface area (Å²) in [6.07, 6.45) is 2.04. The summed E-state index contributed by atoms with van der Waals surface area (Å²) in [4.78, 5) is 11.9. The van der Waals surface area contributed by atoms with Crippen LogP contribution in [0.1, 0.15) is 29.2 Å². The molecule has 1 N–H and O–H groups in total. The van der Waals surface area contributed by atoms with Crippen molar-refractivity contribution >= 4 is 37.6 Å². The van der Waals surface area contributed by atoms with E-state index >= 15 is 0 Å². The van der Waals surface area contributed by atoms with E-state index in [2.05, 4.69) is 36.2 Å². The van der Waals surface area contributed by atoms with Gasteiger partial charge in [-0.25, -0.2) is 17.9 Å². The van der Waals surface area contributed by atoms with E-state index in [0.29, 0.717) is 21.5 Å². The summed E-state index contributed by atoms with van der Waals surface area (Å²) in [5.74, 6) is -0.170. The molecule has 11 heteroatoms. The van der Waals surface area contributed by atoms with E-state index in [1.165, 1.54) is 19.2 Å². The minimum atomic E-state index is -4.05. The second-order valence-corrected chi connectivity index (χ2v) is 9.06. The van der Waals surface area contributed by atoms with E-state index in [1.54, 1.807) is 28.9 Å². The SMILES string of the molecule is COC(=O)c1cc(Br)ccc1S(=O)(=O)Nc1cccc(-c2nnnn2C2CC2)c1. The number of nitrogens with zero attached hydrogens (tertiary/aromatic N) is 4. The summed E-state index contributed by atoms with van der Waals surface area (Å²) in [6, 6.07) is 11.4. The Morgan fingerprint density at radius 1 is 1.24 bits per heavy atom. The van der Waals surface area contributed by atoms with Crippen LogP contribution < -0.4 is 4.72 Å². The summed E-state index contributed by atoms with van der Waals surface area (Å²) >= 11 is 3.24. The summed E-state index contributed by atoms with van der Waals surface area (Å²) in [5, 5.41) is 11.8. The number of tetrazole rings is 1. The topological polar surface area (TPSA) is 116 Å². The van der Waals surface area contributed by atoms with Crippen molar-refractivity contribution in [2.24, 2.45) is 0 Å². The number of hydrogen-bond donors (Lipinski definition) is 1. The highest BCUT2D eigenvalue weighted by Gasteiger charge is 2.28. The van der Waals surface area contributed by atoms with Gasteiger partial charge in [-0.3, -0.25) is 4.72 Å². The van der Waals surface area contributed by atoms with E-state index in [-0.39, 0.29) is 16.5 Å². The summed E-state index contributed by atoms with van der Waals surface area (Å²) in [7, 11) is -2.85. The first-order valence-electron chi connectivity index (χ1n) is 8.68. The molecular formula is C18H16BrN5O4S. The minimum absolute atomic E-state index is 0.0665. The van der Waals surface area contributed by atoms with Crippen LogP contribution in [0.4, 0.5) is 5.69 Å². The van der Waals surface area contributed by atoms with Crippen LogP contribution >= 0.6 is 15.9 Å². The molecule has 1 aliphatic carbocycles. The molecule has 1 aliphatic rings. The van der Waals surface area contributed by atoms with Crippen LogP contribution in [0.15, 0.2) is 51.8 Å². The predicted molar refractivity (Wildman–Crippen MR) is 108 cm³/mol. The predicted octanol–water partition coefficient (Wildman–Crippen LogP) is 3.02. The van der Waals surface area contributed by atoms with Crippen LogP contribution in [0.3, 0.4) is 0 Å². The maximum atomic E-state index is 13.0. The van der Waals surface area contributed by atoms with E-state index in [4.69, 9.17) is 4.74 Å². The molecule has 0 spiro atoms. The molecule has 1 aromatic heterocycles. The average Bonchev–Trinajstić information content (AvgIpc) is 3.43. The monoisotopic (exact) mass is 477 g/mol. The van der Waals surface area contributed by atoms with E-state index < -0.39 is 16.0 Å². The van der Waals surface area contributed by atoms with Gasteiger partial charge >= 0.3 is 5.97 Å². The molecule has 4 rings (SSSR count). The lowest BCUT2D eigenvalue weighted by atomic mass is 10.2. The zero-order valence-electron chi connectivity index (χ0n) is 15.2. The maximum Gasteiger partial charge on any atom is 0.339 e. The fraction of sp³-hybridized carbons (Fsp3) is 0.222. The highest BCUT2D eigenvalue weighted by atomic mass is 79.9. The highest BCUT2D eigenvalue weighted by molar-refractivity contribution is 9.10. The van der Waals surface area contributed by atoms with Gasteiger partial charge in [-0.05, 0) is 53.6 Å². The van der Waals surface area contributed by atoms with Crippen LogP contribution in [-0.2, 0) is 14.8 Å². The molecule has 0 saturated heterocycles. The largest absolute Gasteiger partial charge is 0.465 e. The number of carbonyl (C=O) groups is 1. The van der Waals surface area contributed by atoms with Crippen molar-refractivity contribution in [2.75, 3.05) is 11.8 Å². The number of ether oxygens (including phenoxy) is 1. The van der Waals surface area contributed by atoms with Gasteiger partial charge in [0, 0.05) is 15.7 Å². The van der Waals surface area contributed by atoms with Crippen LogP contribution in [0.5, 0.6) is 0 Å². The van der Waals surface area contributed by atoms with Crippen LogP contribution in [0.25, 0.3) is 11.4 Å². The number of nitrogens with one attached hydrogen (secondary N) is 1. The average molecular weight is 478 g/mol. The standard InChI is InChI=1S/C18H16BrN5O4S/c1-28-18(25)15-10-12(19)5-8-16(15)29(26,27)21-13-4-2-3-11(9-13)17-20-22-23-24(17)14-6-7-14/h2-5,8-10,14,21H,6-7H2,1H3. The second-order valence-electron chi connectivity index (χ2n) is 6.50. The van der Waals surface area contributed by atoms with Gasteiger partial charge in [-0.1, -0.05) is 28.1 Å². The van der Waals surface area contributed by atoms with E-state index in [0.717, 1.165) is 12.8 Å². The molecule has 150 valence electrons. The summed E-state index contributed by atoms with van der Waals surface area (Å²) in [5.41, 5.74) is 0.945. The molecule has 0 bridgehead atoms. The zero-order valence-corrected chi connectivity index (χ0v) is 17.6. The van der Waals surface area contributed by atoms with Crippen LogP contribution in [0.2, 0.25) is 0 Å². The van der Waals surface area contributed by atoms with Gasteiger partial charge in [0.05, 0.1) is 18.7 Å². The molecule has 1 heterocycles. The van der Waals surface area contributed by atoms with Crippen LogP contribution in [-0.4, -0.2) is 41.7 Å². The van der Waals surface area contributed by atoms with Crippen molar-refractivity contribution in [2.45, 2.75) is 23.8 Å². The van der Waals surface area contributed by atoms with Gasteiger partial charge in [0.15, 0.2) is 5.82 Å². The van der Waals surface area contributed by atoms with Crippen molar-refractivity contribution in [1.29, 1.82) is 0 Å². The molecule has 0 aliphatic heterocycles. The molecule has 0 radical (unpaired) electrons. The fourth-order valence-corrected chi connectivity index (χ4v) is 4.47. The van der Waals surface area contributed by atoms with Crippen molar-refractivity contribution in [3.8, 4) is 11.4 Å². The van der Waals surface area contributed by atoms with Gasteiger partial charge in [-0.15, -0.1) is 5.10 Å². The Kier molecular flexibility index (Phi) is 5.09. The number of benzene rings is 2. The third-order valence-electron chi connectivity index (χ3n) is 4.39. The normalized spacial score (nSPS) is 13.9. The molecular weight excluding hydrogens is 462 g/mol. The van der Waals surface area contributed by atoms with Crippen LogP contribution in [0, 0.1) is 0 Å². The fourth-order valence-electron chi connectivity index (χ4n) is 2.89. The van der Waals surface area contributed by atoms with Crippen molar-refractivity contribution < 1.29 is 17.9 Å². The highest BCUT2D eigenvalue weighted by Crippen LogP contribution is 2.37. The number of methoxy groups -OCH3 is 1. The zero-order chi connectivity index (χ0) is 20.6. The lowest BCUT2D eigenvalue weighted by Gasteiger charge is -2.12. The molecule has 9 nitrogen and oxygen atoms in total. The van der Waals surface area contributed by atoms with Gasteiger partial charge in [0.2, 0.25) is 0 Å². The molecule has 1 saturated carbocycles. The number of halogens is 1. The maximum absolute atomic E-state index is 13.0. The number of esters is 1. The number of hydrogen-bond acceptors (Lipinski definition) is 7. The van der Waals surface area contributed by atoms with Gasteiger partial charge in [0.25, 0.3) is 10.0 Å². The molecule has 3 aromatic rings. The Bertz CT molecular complexity index is 1190. The first-order valence-corrected chi connectivity index (χ1v) is 11.0. The number of aromatic nitrogens is 4. The van der Waals surface area contributed by atoms with E-state index in [1.807, 2.05) is 6.07 Å². The lowest BCUT2D eigenvalue weighted by molar-refractivity contribution is 0.0596. The molecule has 29 heavy (non-hydrogen) atoms. The molecule has 0 unspecified atom stereocenters. The summed E-state index contributed by atoms with van der Waals surface area (Å²) in [6.45, 7) is 0. The van der Waals surface area contributed by atoms with E-state index in [9.17, 15) is 13.2 Å². The lowest BCUT2D eigenvalue weighted by Crippen LogP contribution is -2.17. The number of sulfonamides is 1. The number of rotatable bonds is 6. The molecule has 1 fully saturated rings. The van der Waals surface area contributed by atoms with Crippen molar-refractivity contribution in [1.82, 2.24) is 20.2 Å². The molecule has 2 aromatic carbocycles. The smallest absolute Gasteiger partial charge is 0.339 e. The Labute approximate surface area is 175 Å². The Hall–Kier alpha value is -2.79. The third kappa shape index (κ3) is 4.01. The van der Waals surface area contributed by atoms with Crippen molar-refractivity contribution in [3.63, 3.8) is 0 Å². The number of anilines is 1. The third-order valence-corrected chi connectivity index (χ3v) is 6.33. The Morgan fingerprint density at radius 3 is 2.76 bits per heavy atom. The molecule has 0 atom stereocenters. The van der Waals surface area contributed by atoms with Crippen molar-refractivity contribution in [3.05, 3.63) is 52.5 Å². The quantitative estimate of drug-likeness (QED) is 0.542. The Morgan fingerprint density at radius 2 is 2.03 bits per heavy atom. The first kappa shape index (κ1) is 19.5. The second kappa shape index (κ2) is 7.56. The summed E-state index contributed by atoms with van der Waals surface area (Å²) < 4.78 is 35.4. The number of carbonyl (C=O) groups excluding carboxylic acids is 1. The van der Waals surface area contributed by atoms with Gasteiger partial charge in [-0.2, -0.15) is 0 Å². The van der Waals surface area contributed by atoms with Gasteiger partial charge in [0.1, 0.15) is 4.90 Å². The minimum Gasteiger partial charge on any atom is -0.465 e.